The van der Waals surface area contributed by atoms with E-state index < -0.39 is 0 Å². The first-order chi connectivity index (χ1) is 9.83. The molecule has 0 N–H and O–H groups in total. The van der Waals surface area contributed by atoms with Gasteiger partial charge in [-0.15, -0.1) is 11.3 Å². The Balaban J connectivity index is 1.78. The minimum absolute atomic E-state index is 0.696. The van der Waals surface area contributed by atoms with Crippen molar-refractivity contribution in [1.29, 1.82) is 0 Å². The second-order valence-electron chi connectivity index (χ2n) is 5.62. The Hall–Kier alpha value is -0.670. The molecule has 3 heteroatoms. The Labute approximate surface area is 133 Å². The van der Waals surface area contributed by atoms with E-state index in [2.05, 4.69) is 45.6 Å². The Morgan fingerprint density at radius 3 is 2.55 bits per heavy atom. The monoisotopic (exact) mass is 349 g/mol. The van der Waals surface area contributed by atoms with E-state index in [1.165, 1.54) is 55.5 Å². The van der Waals surface area contributed by atoms with Gasteiger partial charge in [-0.1, -0.05) is 60.2 Å². The van der Waals surface area contributed by atoms with Crippen LogP contribution in [-0.2, 0) is 0 Å². The summed E-state index contributed by atoms with van der Waals surface area (Å²) in [6.45, 7) is 0. The summed E-state index contributed by atoms with van der Waals surface area (Å²) in [5.74, 6) is 0.696. The van der Waals surface area contributed by atoms with Gasteiger partial charge in [0.15, 0.2) is 0 Å². The van der Waals surface area contributed by atoms with Crippen molar-refractivity contribution in [3.63, 3.8) is 0 Å². The number of hydrogen-bond donors (Lipinski definition) is 0. The van der Waals surface area contributed by atoms with Gasteiger partial charge in [-0.25, -0.2) is 4.98 Å². The van der Waals surface area contributed by atoms with E-state index in [0.717, 1.165) is 10.2 Å². The fourth-order valence-corrected chi connectivity index (χ4v) is 4.36. The van der Waals surface area contributed by atoms with Crippen molar-refractivity contribution >= 4 is 27.3 Å². The fraction of sp³-hybridized carbons (Fsp3) is 0.471. The predicted octanol–water partition coefficient (Wildman–Crippen LogP) is 6.40. The molecular formula is C17H20BrNS. The van der Waals surface area contributed by atoms with E-state index in [4.69, 9.17) is 4.98 Å². The second kappa shape index (κ2) is 6.86. The molecule has 1 saturated carbocycles. The molecule has 0 aliphatic heterocycles. The molecule has 20 heavy (non-hydrogen) atoms. The summed E-state index contributed by atoms with van der Waals surface area (Å²) in [6.07, 6.45) is 9.62. The van der Waals surface area contributed by atoms with Crippen molar-refractivity contribution < 1.29 is 0 Å². The highest BCUT2D eigenvalue weighted by Gasteiger charge is 2.17. The second-order valence-corrected chi connectivity index (χ2v) is 7.43. The Bertz CT molecular complexity index is 556. The molecule has 0 spiro atoms. The van der Waals surface area contributed by atoms with Crippen LogP contribution in [0.1, 0.15) is 55.9 Å². The lowest BCUT2D eigenvalue weighted by Crippen LogP contribution is -2.01. The van der Waals surface area contributed by atoms with E-state index in [-0.39, 0.29) is 0 Å². The quantitative estimate of drug-likeness (QED) is 0.611. The lowest BCUT2D eigenvalue weighted by atomic mass is 9.92. The molecule has 1 aliphatic rings. The number of nitrogens with zero attached hydrogens (tertiary/aromatic N) is 1. The molecule has 0 saturated heterocycles. The molecule has 0 atom stereocenters. The van der Waals surface area contributed by atoms with E-state index in [0.29, 0.717) is 5.92 Å². The molecule has 0 unspecified atom stereocenters. The van der Waals surface area contributed by atoms with Gasteiger partial charge in [-0.3, -0.25) is 0 Å². The predicted molar refractivity (Wildman–Crippen MR) is 90.3 cm³/mol. The van der Waals surface area contributed by atoms with Crippen LogP contribution < -0.4 is 0 Å². The van der Waals surface area contributed by atoms with Crippen LogP contribution in [-0.4, -0.2) is 4.98 Å². The number of benzene rings is 1. The lowest BCUT2D eigenvalue weighted by molar-refractivity contribution is 0.454. The summed E-state index contributed by atoms with van der Waals surface area (Å²) >= 11 is 5.38. The highest BCUT2D eigenvalue weighted by Crippen LogP contribution is 2.34. The zero-order valence-corrected chi connectivity index (χ0v) is 14.0. The zero-order chi connectivity index (χ0) is 13.8. The average Bonchev–Trinajstić information content (AvgIpc) is 2.88. The maximum absolute atomic E-state index is 4.92. The van der Waals surface area contributed by atoms with Gasteiger partial charge in [0.2, 0.25) is 0 Å². The van der Waals surface area contributed by atoms with Gasteiger partial charge in [0.05, 0.1) is 10.7 Å². The third-order valence-corrected chi connectivity index (χ3v) is 5.60. The van der Waals surface area contributed by atoms with Crippen LogP contribution in [0.4, 0.5) is 0 Å². The van der Waals surface area contributed by atoms with Crippen LogP contribution in [0.15, 0.2) is 34.1 Å². The van der Waals surface area contributed by atoms with Gasteiger partial charge >= 0.3 is 0 Å². The number of aromatic nitrogens is 1. The third-order valence-electron chi connectivity index (χ3n) is 4.10. The van der Waals surface area contributed by atoms with Gasteiger partial charge in [-0.05, 0) is 25.0 Å². The van der Waals surface area contributed by atoms with Crippen molar-refractivity contribution in [2.45, 2.75) is 50.9 Å². The van der Waals surface area contributed by atoms with Gasteiger partial charge in [0.1, 0.15) is 0 Å². The number of rotatable bonds is 2. The summed E-state index contributed by atoms with van der Waals surface area (Å²) < 4.78 is 1.12. The van der Waals surface area contributed by atoms with Gasteiger partial charge in [0.25, 0.3) is 0 Å². The topological polar surface area (TPSA) is 12.9 Å². The molecule has 0 amide bonds. The number of halogens is 1. The van der Waals surface area contributed by atoms with Crippen LogP contribution in [0.3, 0.4) is 0 Å². The molecule has 1 aliphatic carbocycles. The van der Waals surface area contributed by atoms with E-state index in [1.807, 2.05) is 11.3 Å². The summed E-state index contributed by atoms with van der Waals surface area (Å²) in [5.41, 5.74) is 2.35. The van der Waals surface area contributed by atoms with Crippen LogP contribution >= 0.6 is 27.3 Å². The van der Waals surface area contributed by atoms with Crippen LogP contribution in [0.2, 0.25) is 0 Å². The molecule has 0 radical (unpaired) electrons. The highest BCUT2D eigenvalue weighted by molar-refractivity contribution is 9.10. The first kappa shape index (κ1) is 14.3. The van der Waals surface area contributed by atoms with Gasteiger partial charge in [0, 0.05) is 21.3 Å². The van der Waals surface area contributed by atoms with Gasteiger partial charge in [-0.2, -0.15) is 0 Å². The molecule has 1 aromatic carbocycles. The normalized spacial score (nSPS) is 17.6. The van der Waals surface area contributed by atoms with E-state index >= 15 is 0 Å². The standard InChI is InChI=1S/C17H20BrNS/c18-15-10-6-9-14(11-15)16-12-20-17(19-16)13-7-4-2-1-3-5-8-13/h6,9-13H,1-5,7-8H2. The summed E-state index contributed by atoms with van der Waals surface area (Å²) in [7, 11) is 0. The average molecular weight is 350 g/mol. The lowest BCUT2D eigenvalue weighted by Gasteiger charge is -2.17. The Morgan fingerprint density at radius 1 is 1.05 bits per heavy atom. The van der Waals surface area contributed by atoms with Crippen LogP contribution in [0.25, 0.3) is 11.3 Å². The molecule has 3 rings (SSSR count). The molecule has 1 heterocycles. The largest absolute Gasteiger partial charge is 0.241 e. The Kier molecular flexibility index (Phi) is 4.90. The maximum Gasteiger partial charge on any atom is 0.0963 e. The minimum Gasteiger partial charge on any atom is -0.241 e. The van der Waals surface area contributed by atoms with E-state index in [1.54, 1.807) is 0 Å². The molecule has 1 fully saturated rings. The van der Waals surface area contributed by atoms with Crippen molar-refractivity contribution in [3.05, 3.63) is 39.1 Å². The molecule has 1 aromatic heterocycles. The fourth-order valence-electron chi connectivity index (χ4n) is 2.96. The maximum atomic E-state index is 4.92. The number of hydrogen-bond acceptors (Lipinski definition) is 2. The number of thiazole rings is 1. The van der Waals surface area contributed by atoms with Crippen molar-refractivity contribution in [2.75, 3.05) is 0 Å². The third kappa shape index (κ3) is 3.50. The van der Waals surface area contributed by atoms with E-state index in [9.17, 15) is 0 Å². The summed E-state index contributed by atoms with van der Waals surface area (Å²) in [6, 6.07) is 8.43. The first-order valence-corrected chi connectivity index (χ1v) is 9.21. The highest BCUT2D eigenvalue weighted by atomic mass is 79.9. The Morgan fingerprint density at radius 2 is 1.80 bits per heavy atom. The molecule has 1 nitrogen and oxygen atoms in total. The molecular weight excluding hydrogens is 330 g/mol. The van der Waals surface area contributed by atoms with Gasteiger partial charge < -0.3 is 0 Å². The van der Waals surface area contributed by atoms with Crippen LogP contribution in [0, 0.1) is 0 Å². The molecule has 2 aromatic rings. The molecule has 0 bridgehead atoms. The van der Waals surface area contributed by atoms with Crippen molar-refractivity contribution in [1.82, 2.24) is 4.98 Å². The van der Waals surface area contributed by atoms with Crippen molar-refractivity contribution in [2.24, 2.45) is 0 Å². The minimum atomic E-state index is 0.696. The summed E-state index contributed by atoms with van der Waals surface area (Å²) in [4.78, 5) is 4.92. The smallest absolute Gasteiger partial charge is 0.0963 e. The molecule has 106 valence electrons. The summed E-state index contributed by atoms with van der Waals surface area (Å²) in [5, 5.41) is 3.57. The van der Waals surface area contributed by atoms with Crippen LogP contribution in [0.5, 0.6) is 0 Å². The van der Waals surface area contributed by atoms with Crippen molar-refractivity contribution in [3.8, 4) is 11.3 Å². The zero-order valence-electron chi connectivity index (χ0n) is 11.6. The first-order valence-electron chi connectivity index (χ1n) is 7.54. The SMILES string of the molecule is Brc1cccc(-c2csc(C3CCCCCCC3)n2)c1.